The zero-order chi connectivity index (χ0) is 36.5. The molecule has 0 spiro atoms. The maximum Gasteiger partial charge on any atom is 0.246 e. The molecule has 1 aliphatic rings. The molecule has 4 aromatic carbocycles. The lowest BCUT2D eigenvalue weighted by atomic mass is 10.1. The number of aromatic nitrogens is 1. The van der Waals surface area contributed by atoms with E-state index in [2.05, 4.69) is 9.88 Å². The lowest BCUT2D eigenvalue weighted by Gasteiger charge is -2.34. The molecule has 53 heavy (non-hydrogen) atoms. The Kier molecular flexibility index (Phi) is 13.9. The minimum absolute atomic E-state index is 0. The van der Waals surface area contributed by atoms with Crippen LogP contribution < -0.4 is 14.2 Å². The maximum atomic E-state index is 13.0. The third-order valence-electron chi connectivity index (χ3n) is 8.72. The molecule has 0 bridgehead atoms. The van der Waals surface area contributed by atoms with Crippen LogP contribution in [0.3, 0.4) is 0 Å². The smallest absolute Gasteiger partial charge is 0.246 e. The second kappa shape index (κ2) is 18.8. The Bertz CT molecular complexity index is 2030. The van der Waals surface area contributed by atoms with Crippen LogP contribution in [0.2, 0.25) is 10.0 Å². The fraction of sp³-hybridized carbons (Fsp3) is 0.214. The first-order valence-corrected chi connectivity index (χ1v) is 17.8. The van der Waals surface area contributed by atoms with E-state index in [9.17, 15) is 9.59 Å². The summed E-state index contributed by atoms with van der Waals surface area (Å²) in [7, 11) is 0. The number of ketones is 1. The monoisotopic (exact) mass is 771 g/mol. The molecule has 1 amide bonds. The lowest BCUT2D eigenvalue weighted by molar-refractivity contribution is -0.127. The molecule has 0 aliphatic carbocycles. The predicted molar refractivity (Wildman–Crippen MR) is 212 cm³/mol. The molecule has 274 valence electrons. The first-order valence-electron chi connectivity index (χ1n) is 17.0. The average Bonchev–Trinajstić information content (AvgIpc) is 3.16. The Morgan fingerprint density at radius 1 is 0.830 bits per heavy atom. The summed E-state index contributed by atoms with van der Waals surface area (Å²) in [5, 5.41) is 0.956. The van der Waals surface area contributed by atoms with Gasteiger partial charge in [-0.15, -0.1) is 12.4 Å². The first-order chi connectivity index (χ1) is 25.2. The third-order valence-corrected chi connectivity index (χ3v) is 9.58. The van der Waals surface area contributed by atoms with Crippen LogP contribution in [0.25, 0.3) is 6.08 Å². The van der Waals surface area contributed by atoms with E-state index in [4.69, 9.17) is 37.4 Å². The van der Waals surface area contributed by atoms with Crippen LogP contribution in [0.1, 0.15) is 38.2 Å². The van der Waals surface area contributed by atoms with Crippen molar-refractivity contribution >= 4 is 53.4 Å². The molecule has 1 fully saturated rings. The number of amides is 1. The van der Waals surface area contributed by atoms with Crippen molar-refractivity contribution in [3.05, 3.63) is 153 Å². The highest BCUT2D eigenvalue weighted by Gasteiger charge is 2.20. The number of pyridine rings is 1. The largest absolute Gasteiger partial charge is 0.487 e. The molecule has 0 unspecified atom stereocenters. The Hall–Kier alpha value is -4.86. The van der Waals surface area contributed by atoms with Crippen molar-refractivity contribution in [3.8, 4) is 23.1 Å². The molecule has 1 aliphatic heterocycles. The first kappa shape index (κ1) is 39.3. The highest BCUT2D eigenvalue weighted by Crippen LogP contribution is 2.28. The molecule has 0 N–H and O–H groups in total. The van der Waals surface area contributed by atoms with Gasteiger partial charge in [-0.05, 0) is 73.0 Å². The number of nitrogens with zero attached hydrogens (tertiary/aromatic N) is 3. The van der Waals surface area contributed by atoms with Gasteiger partial charge in [0.05, 0.1) is 16.2 Å². The summed E-state index contributed by atoms with van der Waals surface area (Å²) in [6.45, 7) is 7.87. The van der Waals surface area contributed by atoms with Gasteiger partial charge in [0.25, 0.3) is 0 Å². The number of carbonyl (C=O) groups is 2. The van der Waals surface area contributed by atoms with E-state index < -0.39 is 0 Å². The second-order valence-corrected chi connectivity index (χ2v) is 13.4. The van der Waals surface area contributed by atoms with Crippen LogP contribution in [0.15, 0.2) is 109 Å². The Balaban J connectivity index is 0.00000541. The van der Waals surface area contributed by atoms with Crippen molar-refractivity contribution in [2.45, 2.75) is 27.0 Å². The molecule has 0 atom stereocenters. The number of hydrogen-bond donors (Lipinski definition) is 0. The van der Waals surface area contributed by atoms with E-state index in [-0.39, 0.29) is 37.3 Å². The molecule has 5 aromatic rings. The van der Waals surface area contributed by atoms with E-state index >= 15 is 0 Å². The van der Waals surface area contributed by atoms with Crippen LogP contribution in [0, 0.1) is 13.8 Å². The Labute approximate surface area is 326 Å². The van der Waals surface area contributed by atoms with Gasteiger partial charge >= 0.3 is 0 Å². The van der Waals surface area contributed by atoms with E-state index in [1.54, 1.807) is 30.5 Å². The number of benzene rings is 4. The number of piperazine rings is 1. The molecule has 1 aromatic heterocycles. The van der Waals surface area contributed by atoms with Crippen molar-refractivity contribution in [1.82, 2.24) is 14.8 Å². The molecule has 0 radical (unpaired) electrons. The summed E-state index contributed by atoms with van der Waals surface area (Å²) < 4.78 is 17.5. The fourth-order valence-corrected chi connectivity index (χ4v) is 6.03. The minimum atomic E-state index is -0.0501. The summed E-state index contributed by atoms with van der Waals surface area (Å²) in [6, 6.07) is 30.0. The fourth-order valence-electron chi connectivity index (χ4n) is 5.66. The van der Waals surface area contributed by atoms with Gasteiger partial charge in [0.2, 0.25) is 11.8 Å². The number of halogens is 3. The molecule has 8 nitrogen and oxygen atoms in total. The Morgan fingerprint density at radius 3 is 2.26 bits per heavy atom. The van der Waals surface area contributed by atoms with Crippen molar-refractivity contribution in [1.29, 1.82) is 0 Å². The SMILES string of the molecule is Cc1ccc(C(=O)COc2ccc(CN3CCN(C(=O)C=Cc4ccc(Oc5ccc(OCc6cccc(Cl)c6Cl)cn5)c(C)c4)CC3)cc2)cc1.Cl. The van der Waals surface area contributed by atoms with E-state index in [0.29, 0.717) is 51.8 Å². The molecule has 1 saturated heterocycles. The summed E-state index contributed by atoms with van der Waals surface area (Å²) in [6.07, 6.45) is 5.06. The van der Waals surface area contributed by atoms with Crippen molar-refractivity contribution in [3.63, 3.8) is 0 Å². The zero-order valence-corrected chi connectivity index (χ0v) is 31.8. The molecular weight excluding hydrogens is 733 g/mol. The van der Waals surface area contributed by atoms with Gasteiger partial charge in [-0.2, -0.15) is 0 Å². The van der Waals surface area contributed by atoms with Gasteiger partial charge in [-0.25, -0.2) is 4.98 Å². The standard InChI is InChI=1S/C42H39Cl2N3O5.ClH/c1-29-6-12-33(13-7-29)38(48)28-51-35-14-8-32(9-15-35)26-46-20-22-47(23-21-46)41(49)19-11-31-10-17-39(30(2)24-31)52-40-18-16-36(25-45-40)50-27-34-4-3-5-37(43)42(34)44;/h3-19,24-25H,20-23,26-28H2,1-2H3;1H. The quantitative estimate of drug-likeness (QED) is 0.0872. The van der Waals surface area contributed by atoms with Crippen molar-refractivity contribution < 1.29 is 23.8 Å². The molecular formula is C42H40Cl3N3O5. The van der Waals surface area contributed by atoms with E-state index in [1.165, 1.54) is 0 Å². The number of hydrogen-bond acceptors (Lipinski definition) is 7. The number of ether oxygens (including phenoxy) is 3. The summed E-state index contributed by atoms with van der Waals surface area (Å²) >= 11 is 12.3. The van der Waals surface area contributed by atoms with Crippen LogP contribution >= 0.6 is 35.6 Å². The zero-order valence-electron chi connectivity index (χ0n) is 29.5. The van der Waals surface area contributed by atoms with Gasteiger partial charge in [0, 0.05) is 56.0 Å². The summed E-state index contributed by atoms with van der Waals surface area (Å²) in [4.78, 5) is 34.0. The maximum absolute atomic E-state index is 13.0. The van der Waals surface area contributed by atoms with Crippen LogP contribution in [-0.4, -0.2) is 59.3 Å². The van der Waals surface area contributed by atoms with Gasteiger partial charge in [0.1, 0.15) is 23.9 Å². The van der Waals surface area contributed by atoms with Crippen LogP contribution in [0.4, 0.5) is 0 Å². The molecule has 0 saturated carbocycles. The highest BCUT2D eigenvalue weighted by molar-refractivity contribution is 6.42. The predicted octanol–water partition coefficient (Wildman–Crippen LogP) is 9.42. The topological polar surface area (TPSA) is 81.2 Å². The number of Topliss-reactive ketones (excluding diaryl/α,β-unsaturated/α-hetero) is 1. The number of rotatable bonds is 13. The summed E-state index contributed by atoms with van der Waals surface area (Å²) in [5.41, 5.74) is 5.51. The minimum Gasteiger partial charge on any atom is -0.487 e. The third kappa shape index (κ3) is 11.1. The van der Waals surface area contributed by atoms with Crippen LogP contribution in [0.5, 0.6) is 23.1 Å². The summed E-state index contributed by atoms with van der Waals surface area (Å²) in [5.74, 6) is 2.28. The average molecular weight is 773 g/mol. The van der Waals surface area contributed by atoms with Gasteiger partial charge in [-0.1, -0.05) is 83.4 Å². The van der Waals surface area contributed by atoms with Gasteiger partial charge < -0.3 is 19.1 Å². The highest BCUT2D eigenvalue weighted by atomic mass is 35.5. The van der Waals surface area contributed by atoms with E-state index in [0.717, 1.165) is 47.5 Å². The van der Waals surface area contributed by atoms with Crippen molar-refractivity contribution in [2.24, 2.45) is 0 Å². The van der Waals surface area contributed by atoms with Crippen molar-refractivity contribution in [2.75, 3.05) is 32.8 Å². The Morgan fingerprint density at radius 2 is 1.57 bits per heavy atom. The number of carbonyl (C=O) groups excluding carboxylic acids is 2. The normalized spacial score (nSPS) is 13.0. The van der Waals surface area contributed by atoms with Gasteiger partial charge in [-0.3, -0.25) is 14.5 Å². The molecule has 6 rings (SSSR count). The lowest BCUT2D eigenvalue weighted by Crippen LogP contribution is -2.47. The molecule has 2 heterocycles. The van der Waals surface area contributed by atoms with Crippen LogP contribution in [-0.2, 0) is 17.9 Å². The number of aryl methyl sites for hydroxylation is 2. The van der Waals surface area contributed by atoms with Gasteiger partial charge in [0.15, 0.2) is 12.4 Å². The van der Waals surface area contributed by atoms with E-state index in [1.807, 2.05) is 104 Å². The molecule has 11 heteroatoms. The second-order valence-electron chi connectivity index (χ2n) is 12.6.